The van der Waals surface area contributed by atoms with Crippen LogP contribution in [-0.4, -0.2) is 75.9 Å². The van der Waals surface area contributed by atoms with Gasteiger partial charge in [0.2, 0.25) is 5.91 Å². The van der Waals surface area contributed by atoms with Crippen molar-refractivity contribution in [3.63, 3.8) is 0 Å². The fourth-order valence-electron chi connectivity index (χ4n) is 4.25. The van der Waals surface area contributed by atoms with E-state index >= 15 is 0 Å². The van der Waals surface area contributed by atoms with E-state index in [1.807, 2.05) is 48.7 Å². The normalized spacial score (nSPS) is 14.2. The second-order valence-electron chi connectivity index (χ2n) is 8.84. The van der Waals surface area contributed by atoms with Gasteiger partial charge in [0.25, 0.3) is 11.5 Å². The molecule has 0 radical (unpaired) electrons. The number of para-hydroxylation sites is 1. The van der Waals surface area contributed by atoms with Gasteiger partial charge in [-0.25, -0.2) is 0 Å². The van der Waals surface area contributed by atoms with Crippen LogP contribution in [0.4, 0.5) is 0 Å². The molecule has 3 heterocycles. The summed E-state index contributed by atoms with van der Waals surface area (Å²) in [5.74, 6) is -0.150. The van der Waals surface area contributed by atoms with Crippen molar-refractivity contribution in [2.45, 2.75) is 26.8 Å². The third-order valence-corrected chi connectivity index (χ3v) is 6.09. The monoisotopic (exact) mass is 465 g/mol. The first-order valence-corrected chi connectivity index (χ1v) is 11.7. The van der Waals surface area contributed by atoms with Gasteiger partial charge in [0.1, 0.15) is 5.69 Å². The van der Waals surface area contributed by atoms with E-state index < -0.39 is 0 Å². The van der Waals surface area contributed by atoms with Crippen LogP contribution in [0.2, 0.25) is 0 Å². The molecule has 1 aromatic carbocycles. The second kappa shape index (κ2) is 10.2. The average molecular weight is 466 g/mol. The molecule has 0 spiro atoms. The van der Waals surface area contributed by atoms with Crippen molar-refractivity contribution in [3.05, 3.63) is 58.6 Å². The average Bonchev–Trinajstić information content (AvgIpc) is 3.19. The standard InChI is InChI=1S/C25H31N5O4/c1-18(2)23(31)28-11-13-29(14-12-28)24(32)20-16-27(10-7-15-34-3)17-21-22(20)26-30(25(21)33)19-8-5-4-6-9-19/h4-6,8-9,16-18H,7,10-15H2,1-3H3. The predicted molar refractivity (Wildman–Crippen MR) is 128 cm³/mol. The molecule has 180 valence electrons. The minimum absolute atomic E-state index is 0.0699. The number of carbonyl (C=O) groups excluding carboxylic acids is 2. The minimum atomic E-state index is -0.260. The molecule has 34 heavy (non-hydrogen) atoms. The number of hydrogen-bond acceptors (Lipinski definition) is 5. The van der Waals surface area contributed by atoms with E-state index in [0.717, 1.165) is 6.42 Å². The number of aromatic nitrogens is 3. The number of carbonyl (C=O) groups is 2. The van der Waals surface area contributed by atoms with Gasteiger partial charge < -0.3 is 19.1 Å². The molecule has 1 aromatic rings. The molecule has 3 aliphatic rings. The van der Waals surface area contributed by atoms with E-state index in [4.69, 9.17) is 4.74 Å². The Labute approximate surface area is 198 Å². The maximum absolute atomic E-state index is 13.6. The summed E-state index contributed by atoms with van der Waals surface area (Å²) in [6.07, 6.45) is 4.28. The highest BCUT2D eigenvalue weighted by Crippen LogP contribution is 2.24. The fraction of sp³-hybridized carbons (Fsp3) is 0.440. The Hall–Kier alpha value is -3.46. The van der Waals surface area contributed by atoms with Crippen molar-refractivity contribution < 1.29 is 14.3 Å². The number of aryl methyl sites for hydroxylation is 1. The topological polar surface area (TPSA) is 89.7 Å². The van der Waals surface area contributed by atoms with Crippen molar-refractivity contribution in [2.24, 2.45) is 5.92 Å². The Morgan fingerprint density at radius 2 is 1.71 bits per heavy atom. The van der Waals surface area contributed by atoms with Gasteiger partial charge in [-0.1, -0.05) is 32.0 Å². The lowest BCUT2D eigenvalue weighted by atomic mass is 10.1. The molecule has 3 aliphatic heterocycles. The molecule has 9 heteroatoms. The van der Waals surface area contributed by atoms with E-state index in [2.05, 4.69) is 5.10 Å². The number of amides is 2. The molecular formula is C25H31N5O4. The molecule has 0 N–H and O–H groups in total. The SMILES string of the molecule is COCCCn1cc(C(=O)N2CCN(C(=O)C(C)C)CC2)c2nn(-c3ccccc3)c(=O)c-2c1. The molecule has 2 amide bonds. The predicted octanol–water partition coefficient (Wildman–Crippen LogP) is 2.12. The summed E-state index contributed by atoms with van der Waals surface area (Å²) in [5, 5.41) is 4.56. The lowest BCUT2D eigenvalue weighted by Gasteiger charge is -2.35. The van der Waals surface area contributed by atoms with E-state index in [1.165, 1.54) is 4.68 Å². The molecule has 0 aromatic heterocycles. The summed E-state index contributed by atoms with van der Waals surface area (Å²) in [5.41, 5.74) is 1.58. The molecule has 0 atom stereocenters. The van der Waals surface area contributed by atoms with Gasteiger partial charge in [-0.05, 0) is 18.6 Å². The van der Waals surface area contributed by atoms with E-state index in [9.17, 15) is 14.4 Å². The molecule has 4 rings (SSSR count). The zero-order chi connectivity index (χ0) is 24.2. The van der Waals surface area contributed by atoms with Crippen LogP contribution in [0.1, 0.15) is 30.6 Å². The second-order valence-corrected chi connectivity index (χ2v) is 8.84. The number of piperazine rings is 1. The maximum atomic E-state index is 13.6. The first-order valence-electron chi connectivity index (χ1n) is 11.7. The summed E-state index contributed by atoms with van der Waals surface area (Å²) < 4.78 is 8.37. The highest BCUT2D eigenvalue weighted by Gasteiger charge is 2.30. The number of ether oxygens (including phenoxy) is 1. The summed E-state index contributed by atoms with van der Waals surface area (Å²) in [6.45, 7) is 6.83. The van der Waals surface area contributed by atoms with Crippen LogP contribution in [0.5, 0.6) is 0 Å². The van der Waals surface area contributed by atoms with Crippen LogP contribution in [0.3, 0.4) is 0 Å². The van der Waals surface area contributed by atoms with Crippen molar-refractivity contribution >= 4 is 11.8 Å². The minimum Gasteiger partial charge on any atom is -0.385 e. The highest BCUT2D eigenvalue weighted by atomic mass is 16.5. The summed E-state index contributed by atoms with van der Waals surface area (Å²) in [6, 6.07) is 9.18. The molecule has 0 aliphatic carbocycles. The number of pyridine rings is 1. The Bertz CT molecular complexity index is 1180. The van der Waals surface area contributed by atoms with Crippen LogP contribution in [0, 0.1) is 5.92 Å². The smallest absolute Gasteiger partial charge is 0.282 e. The molecule has 9 nitrogen and oxygen atoms in total. The molecule has 1 saturated heterocycles. The number of benzene rings is 1. The Morgan fingerprint density at radius 3 is 2.35 bits per heavy atom. The Morgan fingerprint density at radius 1 is 1.03 bits per heavy atom. The number of hydrogen-bond donors (Lipinski definition) is 0. The zero-order valence-electron chi connectivity index (χ0n) is 19.9. The van der Waals surface area contributed by atoms with Gasteiger partial charge in [-0.15, -0.1) is 0 Å². The first-order chi connectivity index (χ1) is 16.4. The summed E-state index contributed by atoms with van der Waals surface area (Å²) in [7, 11) is 1.64. The van der Waals surface area contributed by atoms with E-state index in [1.54, 1.807) is 29.3 Å². The number of nitrogens with zero attached hydrogens (tertiary/aromatic N) is 5. The van der Waals surface area contributed by atoms with E-state index in [0.29, 0.717) is 61.8 Å². The molecule has 0 bridgehead atoms. The lowest BCUT2D eigenvalue weighted by Crippen LogP contribution is -2.51. The Balaban J connectivity index is 1.68. The zero-order valence-corrected chi connectivity index (χ0v) is 19.9. The molecule has 0 unspecified atom stereocenters. The van der Waals surface area contributed by atoms with Gasteiger partial charge in [0.05, 0.1) is 16.8 Å². The Kier molecular flexibility index (Phi) is 7.12. The summed E-state index contributed by atoms with van der Waals surface area (Å²) in [4.78, 5) is 42.7. The third-order valence-electron chi connectivity index (χ3n) is 6.09. The van der Waals surface area contributed by atoms with Crippen molar-refractivity contribution in [1.29, 1.82) is 0 Å². The van der Waals surface area contributed by atoms with Crippen molar-refractivity contribution in [3.8, 4) is 16.9 Å². The lowest BCUT2D eigenvalue weighted by molar-refractivity contribution is -0.135. The molecule has 0 saturated carbocycles. The van der Waals surface area contributed by atoms with Crippen LogP contribution < -0.4 is 5.56 Å². The number of fused-ring (bicyclic) bond motifs is 1. The van der Waals surface area contributed by atoms with Gasteiger partial charge in [0.15, 0.2) is 0 Å². The van der Waals surface area contributed by atoms with Gasteiger partial charge in [0, 0.05) is 64.8 Å². The fourth-order valence-corrected chi connectivity index (χ4v) is 4.25. The van der Waals surface area contributed by atoms with Crippen molar-refractivity contribution in [1.82, 2.24) is 24.1 Å². The third kappa shape index (κ3) is 4.75. The van der Waals surface area contributed by atoms with Crippen LogP contribution in [-0.2, 0) is 16.1 Å². The number of methoxy groups -OCH3 is 1. The van der Waals surface area contributed by atoms with E-state index in [-0.39, 0.29) is 23.3 Å². The van der Waals surface area contributed by atoms with Gasteiger partial charge in [-0.3, -0.25) is 14.4 Å². The quantitative estimate of drug-likeness (QED) is 0.499. The van der Waals surface area contributed by atoms with Crippen LogP contribution in [0.15, 0.2) is 47.5 Å². The first kappa shape index (κ1) is 23.7. The largest absolute Gasteiger partial charge is 0.385 e. The van der Waals surface area contributed by atoms with Crippen LogP contribution >= 0.6 is 0 Å². The van der Waals surface area contributed by atoms with Crippen molar-refractivity contribution in [2.75, 3.05) is 39.9 Å². The van der Waals surface area contributed by atoms with Gasteiger partial charge >= 0.3 is 0 Å². The molecular weight excluding hydrogens is 434 g/mol. The van der Waals surface area contributed by atoms with Gasteiger partial charge in [-0.2, -0.15) is 9.78 Å². The van der Waals surface area contributed by atoms with Crippen LogP contribution in [0.25, 0.3) is 16.9 Å². The maximum Gasteiger partial charge on any atom is 0.282 e. The number of rotatable bonds is 7. The summed E-state index contributed by atoms with van der Waals surface area (Å²) >= 11 is 0. The highest BCUT2D eigenvalue weighted by molar-refractivity contribution is 6.00. The molecule has 1 fully saturated rings.